The van der Waals surface area contributed by atoms with Crippen molar-refractivity contribution in [3.8, 4) is 44.3 Å². The van der Waals surface area contributed by atoms with Crippen LogP contribution in [0.3, 0.4) is 0 Å². The fourth-order valence-electron chi connectivity index (χ4n) is 6.06. The number of aliphatic imine (C=N–C) groups is 1. The Hall–Kier alpha value is -5.17. The van der Waals surface area contributed by atoms with Crippen LogP contribution < -0.4 is 9.47 Å². The lowest BCUT2D eigenvalue weighted by molar-refractivity contribution is 0.416. The van der Waals surface area contributed by atoms with Gasteiger partial charge in [-0.05, 0) is 63.4 Å². The molecule has 7 aromatic rings. The fourth-order valence-corrected chi connectivity index (χ4v) is 7.80. The van der Waals surface area contributed by atoms with Gasteiger partial charge in [-0.25, -0.2) is 4.99 Å². The molecule has 0 saturated heterocycles. The van der Waals surface area contributed by atoms with Crippen LogP contribution >= 0.6 is 22.7 Å². The third-order valence-electron chi connectivity index (χ3n) is 8.26. The molecule has 0 atom stereocenters. The Balaban J connectivity index is 1.33. The van der Waals surface area contributed by atoms with Crippen LogP contribution in [0.1, 0.15) is 21.7 Å². The lowest BCUT2D eigenvalue weighted by Crippen LogP contribution is -2.00. The van der Waals surface area contributed by atoms with Gasteiger partial charge >= 0.3 is 0 Å². The van der Waals surface area contributed by atoms with Crippen LogP contribution in [0.4, 0.5) is 0 Å². The van der Waals surface area contributed by atoms with E-state index in [4.69, 9.17) is 14.5 Å². The first kappa shape index (κ1) is 27.4. The number of fused-ring (bicyclic) bond motifs is 2. The SMILES string of the molecule is COc1ccsc1C1=N/C(=C\c2[nH]c(-c3sccc3OC)c3cc(-c4ccccc4)ccc23)c2ccc(-c3ccccc3)cc21. The molecule has 0 aliphatic carbocycles. The minimum Gasteiger partial charge on any atom is -0.495 e. The van der Waals surface area contributed by atoms with Gasteiger partial charge in [-0.15, -0.1) is 22.7 Å². The fraction of sp³-hybridized carbons (Fsp3) is 0.0513. The Morgan fingerprint density at radius 3 is 1.91 bits per heavy atom. The van der Waals surface area contributed by atoms with E-state index in [0.29, 0.717) is 0 Å². The molecule has 0 saturated carbocycles. The molecular weight excluding hydrogens is 593 g/mol. The molecule has 1 aliphatic rings. The number of rotatable bonds is 7. The number of thiophene rings is 2. The molecule has 4 nitrogen and oxygen atoms in total. The third-order valence-corrected chi connectivity index (χ3v) is 10.1. The Labute approximate surface area is 269 Å². The first-order chi connectivity index (χ1) is 22.2. The van der Waals surface area contributed by atoms with E-state index in [1.54, 1.807) is 36.9 Å². The van der Waals surface area contributed by atoms with Crippen molar-refractivity contribution >= 4 is 50.9 Å². The predicted molar refractivity (Wildman–Crippen MR) is 190 cm³/mol. The van der Waals surface area contributed by atoms with Crippen molar-refractivity contribution in [2.45, 2.75) is 0 Å². The van der Waals surface area contributed by atoms with Crippen LogP contribution in [0.2, 0.25) is 0 Å². The smallest absolute Gasteiger partial charge is 0.139 e. The molecule has 1 N–H and O–H groups in total. The van der Waals surface area contributed by atoms with E-state index in [9.17, 15) is 0 Å². The average molecular weight is 621 g/mol. The number of aromatic amines is 1. The van der Waals surface area contributed by atoms with Crippen molar-refractivity contribution in [3.63, 3.8) is 0 Å². The minimum atomic E-state index is 0.835. The molecule has 218 valence electrons. The monoisotopic (exact) mass is 620 g/mol. The van der Waals surface area contributed by atoms with Gasteiger partial charge in [0.1, 0.15) is 11.5 Å². The highest BCUT2D eigenvalue weighted by Gasteiger charge is 2.26. The standard InChI is InChI=1S/C39H28N2O2S2/c1-42-34-17-19-44-38(34)36-30-21-26(24-9-5-3-6-10-24)13-15-28(30)32(40-36)23-33-29-16-14-27(25-11-7-4-8-12-25)22-31(29)37(41-33)39-35(43-2)18-20-45-39/h3-23,40H,1-2H3/b33-23-. The van der Waals surface area contributed by atoms with Crippen molar-refractivity contribution in [1.29, 1.82) is 0 Å². The maximum Gasteiger partial charge on any atom is 0.139 e. The van der Waals surface area contributed by atoms with Gasteiger partial charge in [-0.2, -0.15) is 0 Å². The molecule has 45 heavy (non-hydrogen) atoms. The molecule has 1 aliphatic heterocycles. The van der Waals surface area contributed by atoms with Crippen molar-refractivity contribution < 1.29 is 9.47 Å². The molecule has 0 bridgehead atoms. The Morgan fingerprint density at radius 1 is 0.600 bits per heavy atom. The highest BCUT2D eigenvalue weighted by Crippen LogP contribution is 2.44. The highest BCUT2D eigenvalue weighted by atomic mass is 32.1. The second kappa shape index (κ2) is 11.4. The van der Waals surface area contributed by atoms with Crippen LogP contribution in [0.15, 0.2) is 125 Å². The van der Waals surface area contributed by atoms with E-state index >= 15 is 0 Å². The van der Waals surface area contributed by atoms with E-state index in [0.717, 1.165) is 71.5 Å². The third kappa shape index (κ3) is 4.79. The zero-order valence-electron chi connectivity index (χ0n) is 24.7. The summed E-state index contributed by atoms with van der Waals surface area (Å²) in [4.78, 5) is 11.2. The van der Waals surface area contributed by atoms with Gasteiger partial charge in [-0.1, -0.05) is 84.9 Å². The Morgan fingerprint density at radius 2 is 1.22 bits per heavy atom. The first-order valence-electron chi connectivity index (χ1n) is 14.7. The van der Waals surface area contributed by atoms with E-state index in [2.05, 4.69) is 107 Å². The number of methoxy groups -OCH3 is 2. The van der Waals surface area contributed by atoms with Crippen molar-refractivity contribution in [2.75, 3.05) is 14.2 Å². The van der Waals surface area contributed by atoms with Crippen molar-refractivity contribution in [3.05, 3.63) is 142 Å². The quantitative estimate of drug-likeness (QED) is 0.193. The molecule has 4 heterocycles. The van der Waals surface area contributed by atoms with Gasteiger partial charge in [0.05, 0.1) is 41.1 Å². The first-order valence-corrected chi connectivity index (χ1v) is 16.4. The topological polar surface area (TPSA) is 46.6 Å². The van der Waals surface area contributed by atoms with E-state index < -0.39 is 0 Å². The largest absolute Gasteiger partial charge is 0.495 e. The summed E-state index contributed by atoms with van der Waals surface area (Å²) in [7, 11) is 3.44. The van der Waals surface area contributed by atoms with Gasteiger partial charge < -0.3 is 14.5 Å². The highest BCUT2D eigenvalue weighted by molar-refractivity contribution is 7.14. The van der Waals surface area contributed by atoms with Gasteiger partial charge in [-0.3, -0.25) is 0 Å². The summed E-state index contributed by atoms with van der Waals surface area (Å²) in [6.07, 6.45) is 2.18. The normalized spacial score (nSPS) is 13.3. The summed E-state index contributed by atoms with van der Waals surface area (Å²) in [6, 6.07) is 38.3. The number of hydrogen-bond acceptors (Lipinski definition) is 5. The Bertz CT molecular complexity index is 2240. The lowest BCUT2D eigenvalue weighted by atomic mass is 9.96. The summed E-state index contributed by atoms with van der Waals surface area (Å²) < 4.78 is 11.5. The summed E-state index contributed by atoms with van der Waals surface area (Å²) >= 11 is 3.32. The molecule has 8 rings (SSSR count). The molecule has 0 spiro atoms. The minimum absolute atomic E-state index is 0.835. The van der Waals surface area contributed by atoms with E-state index in [1.165, 1.54) is 16.7 Å². The molecule has 4 aromatic carbocycles. The van der Waals surface area contributed by atoms with Crippen LogP contribution in [0.25, 0.3) is 55.4 Å². The molecule has 0 radical (unpaired) electrons. The van der Waals surface area contributed by atoms with Gasteiger partial charge in [0.25, 0.3) is 0 Å². The maximum absolute atomic E-state index is 5.76. The molecule has 3 aromatic heterocycles. The van der Waals surface area contributed by atoms with E-state index in [1.807, 2.05) is 24.3 Å². The number of nitrogens with one attached hydrogen (secondary N) is 1. The number of nitrogens with zero attached hydrogens (tertiary/aromatic N) is 1. The molecule has 0 fully saturated rings. The van der Waals surface area contributed by atoms with Crippen LogP contribution in [0.5, 0.6) is 11.5 Å². The summed E-state index contributed by atoms with van der Waals surface area (Å²) in [5.41, 5.74) is 10.8. The zero-order valence-corrected chi connectivity index (χ0v) is 26.3. The number of aromatic nitrogens is 1. The number of benzene rings is 4. The number of H-pyrrole nitrogens is 1. The molecular formula is C39H28N2O2S2. The van der Waals surface area contributed by atoms with Gasteiger partial charge in [0.15, 0.2) is 0 Å². The Kier molecular flexibility index (Phi) is 6.93. The molecule has 0 unspecified atom stereocenters. The summed E-state index contributed by atoms with van der Waals surface area (Å²) in [6.45, 7) is 0. The van der Waals surface area contributed by atoms with Crippen molar-refractivity contribution in [2.24, 2.45) is 4.99 Å². The summed E-state index contributed by atoms with van der Waals surface area (Å²) in [5, 5.41) is 6.41. The second-order valence-corrected chi connectivity index (χ2v) is 12.6. The zero-order chi connectivity index (χ0) is 30.3. The van der Waals surface area contributed by atoms with Crippen LogP contribution in [0, 0.1) is 0 Å². The maximum atomic E-state index is 5.76. The summed E-state index contributed by atoms with van der Waals surface area (Å²) in [5.74, 6) is 1.69. The molecule has 6 heteroatoms. The second-order valence-electron chi connectivity index (χ2n) is 10.8. The number of hydrogen-bond donors (Lipinski definition) is 1. The van der Waals surface area contributed by atoms with Crippen LogP contribution in [-0.2, 0) is 0 Å². The van der Waals surface area contributed by atoms with Gasteiger partial charge in [0.2, 0.25) is 0 Å². The predicted octanol–water partition coefficient (Wildman–Crippen LogP) is 10.7. The average Bonchev–Trinajstić information content (AvgIpc) is 3.90. The van der Waals surface area contributed by atoms with E-state index in [-0.39, 0.29) is 0 Å². The lowest BCUT2D eigenvalue weighted by Gasteiger charge is -2.08. The van der Waals surface area contributed by atoms with Crippen LogP contribution in [-0.4, -0.2) is 24.9 Å². The molecule has 0 amide bonds. The number of ether oxygens (including phenoxy) is 2. The van der Waals surface area contributed by atoms with Gasteiger partial charge in [0, 0.05) is 27.6 Å². The van der Waals surface area contributed by atoms with Crippen molar-refractivity contribution in [1.82, 2.24) is 4.98 Å².